The van der Waals surface area contributed by atoms with Crippen molar-refractivity contribution in [3.63, 3.8) is 0 Å². The normalized spacial score (nSPS) is 11.8. The first kappa shape index (κ1) is 14.4. The number of benzene rings is 1. The highest BCUT2D eigenvalue weighted by Crippen LogP contribution is 2.18. The molecule has 5 heteroatoms. The van der Waals surface area contributed by atoms with E-state index in [1.165, 1.54) is 0 Å². The Labute approximate surface area is 117 Å². The molecule has 0 spiro atoms. The molecule has 0 aliphatic rings. The van der Waals surface area contributed by atoms with Crippen molar-refractivity contribution >= 4 is 17.0 Å². The van der Waals surface area contributed by atoms with Gasteiger partial charge in [-0.25, -0.2) is 4.79 Å². The zero-order valence-corrected chi connectivity index (χ0v) is 12.1. The van der Waals surface area contributed by atoms with Crippen molar-refractivity contribution in [3.05, 3.63) is 34.3 Å². The second-order valence-electron chi connectivity index (χ2n) is 5.82. The van der Waals surface area contributed by atoms with Gasteiger partial charge in [-0.2, -0.15) is 0 Å². The summed E-state index contributed by atoms with van der Waals surface area (Å²) in [5.74, 6) is -0.497. The maximum atomic E-state index is 11.9. The van der Waals surface area contributed by atoms with Gasteiger partial charge in [-0.15, -0.1) is 0 Å². The van der Waals surface area contributed by atoms with Gasteiger partial charge in [-0.05, 0) is 29.5 Å². The van der Waals surface area contributed by atoms with Crippen molar-refractivity contribution in [1.29, 1.82) is 0 Å². The van der Waals surface area contributed by atoms with Crippen LogP contribution in [0, 0.1) is 5.41 Å². The van der Waals surface area contributed by atoms with Gasteiger partial charge in [0.2, 0.25) is 5.91 Å². The van der Waals surface area contributed by atoms with Crippen molar-refractivity contribution in [2.75, 3.05) is 6.54 Å². The third kappa shape index (κ3) is 3.50. The zero-order chi connectivity index (χ0) is 14.8. The highest BCUT2D eigenvalue weighted by Gasteiger charge is 2.16. The molecule has 0 atom stereocenters. The molecule has 0 aliphatic heterocycles. The molecule has 20 heavy (non-hydrogen) atoms. The summed E-state index contributed by atoms with van der Waals surface area (Å²) in [6.45, 7) is 7.01. The van der Waals surface area contributed by atoms with Crippen LogP contribution in [0.1, 0.15) is 32.8 Å². The fourth-order valence-corrected chi connectivity index (χ4v) is 1.82. The molecule has 0 fully saturated rings. The second-order valence-corrected chi connectivity index (χ2v) is 5.82. The summed E-state index contributed by atoms with van der Waals surface area (Å²) in [6.07, 6.45) is 1.30. The minimum Gasteiger partial charge on any atom is -0.408 e. The predicted octanol–water partition coefficient (Wildman–Crippen LogP) is 2.22. The Balaban J connectivity index is 2.00. The summed E-state index contributed by atoms with van der Waals surface area (Å²) < 4.78 is 4.92. The van der Waals surface area contributed by atoms with Gasteiger partial charge in [0, 0.05) is 6.54 Å². The van der Waals surface area contributed by atoms with E-state index in [1.807, 2.05) is 0 Å². The molecule has 1 amide bonds. The maximum absolute atomic E-state index is 11.9. The first-order valence-electron chi connectivity index (χ1n) is 6.78. The number of carbonyl (C=O) groups is 1. The number of carbonyl (C=O) groups excluding carboxylic acids is 1. The first-order valence-corrected chi connectivity index (χ1v) is 6.78. The van der Waals surface area contributed by atoms with Gasteiger partial charge in [0.05, 0.1) is 11.9 Å². The van der Waals surface area contributed by atoms with E-state index >= 15 is 0 Å². The first-order chi connectivity index (χ1) is 9.39. The van der Waals surface area contributed by atoms with Crippen molar-refractivity contribution in [2.45, 2.75) is 33.6 Å². The van der Waals surface area contributed by atoms with E-state index in [1.54, 1.807) is 18.2 Å². The molecule has 0 bridgehead atoms. The highest BCUT2D eigenvalue weighted by molar-refractivity contribution is 5.80. The van der Waals surface area contributed by atoms with Crippen LogP contribution in [-0.2, 0) is 11.2 Å². The lowest BCUT2D eigenvalue weighted by Crippen LogP contribution is -2.34. The summed E-state index contributed by atoms with van der Waals surface area (Å²) in [4.78, 5) is 25.6. The number of nitrogens with one attached hydrogen (secondary N) is 2. The van der Waals surface area contributed by atoms with Crippen LogP contribution < -0.4 is 11.1 Å². The third-order valence-corrected chi connectivity index (χ3v) is 3.57. The average molecular weight is 276 g/mol. The van der Waals surface area contributed by atoms with Gasteiger partial charge in [0.25, 0.3) is 0 Å². The molecule has 0 saturated heterocycles. The van der Waals surface area contributed by atoms with Gasteiger partial charge in [-0.3, -0.25) is 9.78 Å². The average Bonchev–Trinajstić information content (AvgIpc) is 2.76. The number of aromatic amines is 1. The van der Waals surface area contributed by atoms with Crippen LogP contribution in [-0.4, -0.2) is 17.4 Å². The molecule has 1 aromatic carbocycles. The number of amides is 1. The molecule has 0 unspecified atom stereocenters. The number of rotatable bonds is 5. The Kier molecular flexibility index (Phi) is 3.97. The Morgan fingerprint density at radius 1 is 1.40 bits per heavy atom. The van der Waals surface area contributed by atoms with E-state index in [4.69, 9.17) is 4.42 Å². The molecule has 2 aromatic rings. The van der Waals surface area contributed by atoms with Gasteiger partial charge in [0.15, 0.2) is 5.58 Å². The second kappa shape index (κ2) is 5.53. The summed E-state index contributed by atoms with van der Waals surface area (Å²) >= 11 is 0. The number of fused-ring (bicyclic) bond motifs is 1. The number of oxazole rings is 1. The lowest BCUT2D eigenvalue weighted by molar-refractivity contribution is -0.120. The number of hydrogen-bond donors (Lipinski definition) is 2. The molecule has 0 radical (unpaired) electrons. The fourth-order valence-electron chi connectivity index (χ4n) is 1.82. The minimum absolute atomic E-state index is 0.0169. The molecule has 2 rings (SSSR count). The van der Waals surface area contributed by atoms with Gasteiger partial charge >= 0.3 is 5.76 Å². The van der Waals surface area contributed by atoms with Gasteiger partial charge in [-0.1, -0.05) is 26.8 Å². The highest BCUT2D eigenvalue weighted by atomic mass is 16.4. The largest absolute Gasteiger partial charge is 0.417 e. The van der Waals surface area contributed by atoms with E-state index in [2.05, 4.69) is 31.1 Å². The Morgan fingerprint density at radius 2 is 2.15 bits per heavy atom. The van der Waals surface area contributed by atoms with Gasteiger partial charge in [0.1, 0.15) is 0 Å². The SMILES string of the molecule is CCC(C)(C)CNC(=O)Cc1ccc2oc(=O)[nH]c2c1. The summed E-state index contributed by atoms with van der Waals surface area (Å²) in [7, 11) is 0. The molecule has 2 N–H and O–H groups in total. The van der Waals surface area contributed by atoms with Crippen LogP contribution in [0.2, 0.25) is 0 Å². The predicted molar refractivity (Wildman–Crippen MR) is 77.6 cm³/mol. The standard InChI is InChI=1S/C15H20N2O3/c1-4-15(2,3)9-16-13(18)8-10-5-6-12-11(7-10)17-14(19)20-12/h5-7H,4,8-9H2,1-3H3,(H,16,18)(H,17,19). The maximum Gasteiger partial charge on any atom is 0.417 e. The smallest absolute Gasteiger partial charge is 0.408 e. The van der Waals surface area contributed by atoms with Crippen molar-refractivity contribution in [3.8, 4) is 0 Å². The van der Waals surface area contributed by atoms with Crippen LogP contribution >= 0.6 is 0 Å². The molecule has 1 heterocycles. The van der Waals surface area contributed by atoms with Crippen molar-refractivity contribution in [2.24, 2.45) is 5.41 Å². The number of hydrogen-bond acceptors (Lipinski definition) is 3. The van der Waals surface area contributed by atoms with Crippen LogP contribution in [0.25, 0.3) is 11.1 Å². The Hall–Kier alpha value is -2.04. The van der Waals surface area contributed by atoms with Crippen molar-refractivity contribution < 1.29 is 9.21 Å². The quantitative estimate of drug-likeness (QED) is 0.879. The van der Waals surface area contributed by atoms with E-state index in [0.29, 0.717) is 24.1 Å². The molecule has 5 nitrogen and oxygen atoms in total. The topological polar surface area (TPSA) is 75.1 Å². The Bertz CT molecular complexity index is 667. The number of aromatic nitrogens is 1. The fraction of sp³-hybridized carbons (Fsp3) is 0.467. The van der Waals surface area contributed by atoms with Crippen LogP contribution in [0.15, 0.2) is 27.4 Å². The molecule has 0 aliphatic carbocycles. The summed E-state index contributed by atoms with van der Waals surface area (Å²) in [5.41, 5.74) is 2.08. The van der Waals surface area contributed by atoms with Crippen LogP contribution in [0.3, 0.4) is 0 Å². The summed E-state index contributed by atoms with van der Waals surface area (Å²) in [6, 6.07) is 5.26. The Morgan fingerprint density at radius 3 is 2.85 bits per heavy atom. The van der Waals surface area contributed by atoms with Crippen molar-refractivity contribution in [1.82, 2.24) is 10.3 Å². The molecular weight excluding hydrogens is 256 g/mol. The molecule has 1 aromatic heterocycles. The minimum atomic E-state index is -0.480. The molecular formula is C15H20N2O3. The van der Waals surface area contributed by atoms with Crippen LogP contribution in [0.4, 0.5) is 0 Å². The monoisotopic (exact) mass is 276 g/mol. The van der Waals surface area contributed by atoms with E-state index in [9.17, 15) is 9.59 Å². The molecule has 108 valence electrons. The lowest BCUT2D eigenvalue weighted by atomic mass is 9.90. The van der Waals surface area contributed by atoms with E-state index < -0.39 is 5.76 Å². The zero-order valence-electron chi connectivity index (χ0n) is 12.1. The van der Waals surface area contributed by atoms with E-state index in [0.717, 1.165) is 12.0 Å². The third-order valence-electron chi connectivity index (χ3n) is 3.57. The van der Waals surface area contributed by atoms with E-state index in [-0.39, 0.29) is 11.3 Å². The summed E-state index contributed by atoms with van der Waals surface area (Å²) in [5, 5.41) is 2.94. The lowest BCUT2D eigenvalue weighted by Gasteiger charge is -2.22. The molecule has 0 saturated carbocycles. The van der Waals surface area contributed by atoms with Gasteiger partial charge < -0.3 is 9.73 Å². The van der Waals surface area contributed by atoms with Crippen LogP contribution in [0.5, 0.6) is 0 Å². The number of H-pyrrole nitrogens is 1.